The molecule has 1 aromatic rings. The molecule has 0 heterocycles. The van der Waals surface area contributed by atoms with Crippen molar-refractivity contribution >= 4 is 17.4 Å². The third kappa shape index (κ3) is 5.63. The number of aliphatic hydroxyl groups excluding tert-OH is 1. The van der Waals surface area contributed by atoms with Gasteiger partial charge >= 0.3 is 0 Å². The second-order valence-corrected chi connectivity index (χ2v) is 8.19. The summed E-state index contributed by atoms with van der Waals surface area (Å²) in [6.07, 6.45) is 8.25. The minimum Gasteiger partial charge on any atom is -0.512 e. The minimum atomic E-state index is -0.340. The van der Waals surface area contributed by atoms with Crippen LogP contribution in [0.2, 0.25) is 0 Å². The Morgan fingerprint density at radius 3 is 2.60 bits per heavy atom. The Bertz CT molecular complexity index is 854. The molecule has 0 radical (unpaired) electrons. The molecule has 0 aromatic heterocycles. The van der Waals surface area contributed by atoms with Crippen LogP contribution in [-0.2, 0) is 16.1 Å². The van der Waals surface area contributed by atoms with E-state index >= 15 is 0 Å². The van der Waals surface area contributed by atoms with Crippen molar-refractivity contribution in [3.8, 4) is 0 Å². The zero-order chi connectivity index (χ0) is 22.3. The maximum absolute atomic E-state index is 13.1. The summed E-state index contributed by atoms with van der Waals surface area (Å²) in [6, 6.07) is 1.86. The van der Waals surface area contributed by atoms with E-state index in [9.17, 15) is 9.90 Å². The van der Waals surface area contributed by atoms with E-state index in [0.717, 1.165) is 6.42 Å². The Morgan fingerprint density at radius 1 is 1.27 bits per heavy atom. The maximum atomic E-state index is 13.1. The second-order valence-electron chi connectivity index (χ2n) is 7.94. The van der Waals surface area contributed by atoms with Gasteiger partial charge in [-0.25, -0.2) is 0 Å². The number of hydrogen-bond donors (Lipinski definition) is 2. The zero-order valence-corrected chi connectivity index (χ0v) is 19.5. The highest BCUT2D eigenvalue weighted by molar-refractivity contribution is 6.25. The first-order chi connectivity index (χ1) is 14.3. The van der Waals surface area contributed by atoms with Crippen molar-refractivity contribution in [2.24, 2.45) is 0 Å². The number of ketones is 1. The SMILES string of the molecule is C/C=C/Cc1c(C)cc(C)c(C2CC(=O)C(C(CC)NOCC=CCl)=C(O)C2)c1C. The number of aryl methyl sites for hydroxylation is 2. The van der Waals surface area contributed by atoms with E-state index in [4.69, 9.17) is 16.4 Å². The van der Waals surface area contributed by atoms with Crippen LogP contribution in [0.4, 0.5) is 0 Å². The number of carbonyl (C=O) groups excluding carboxylic acids is 1. The number of hydrogen-bond acceptors (Lipinski definition) is 4. The van der Waals surface area contributed by atoms with Crippen LogP contribution in [0, 0.1) is 20.8 Å². The van der Waals surface area contributed by atoms with Crippen molar-refractivity contribution in [2.75, 3.05) is 6.61 Å². The number of rotatable bonds is 9. The van der Waals surface area contributed by atoms with Crippen LogP contribution in [0.1, 0.15) is 66.8 Å². The third-order valence-electron chi connectivity index (χ3n) is 5.89. The summed E-state index contributed by atoms with van der Waals surface area (Å²) in [5.41, 5.74) is 10.9. The first-order valence-corrected chi connectivity index (χ1v) is 11.1. The number of benzene rings is 1. The van der Waals surface area contributed by atoms with E-state index in [1.54, 1.807) is 6.08 Å². The van der Waals surface area contributed by atoms with Gasteiger partial charge in [-0.2, -0.15) is 5.48 Å². The summed E-state index contributed by atoms with van der Waals surface area (Å²) in [4.78, 5) is 18.4. The predicted octanol–water partition coefficient (Wildman–Crippen LogP) is 6.04. The summed E-state index contributed by atoms with van der Waals surface area (Å²) in [5, 5.41) is 10.8. The van der Waals surface area contributed by atoms with E-state index in [1.165, 1.54) is 33.4 Å². The average Bonchev–Trinajstić information content (AvgIpc) is 2.68. The number of Topliss-reactive ketones (excluding diaryl/α,β-unsaturated/α-hetero) is 1. The highest BCUT2D eigenvalue weighted by Gasteiger charge is 2.34. The number of halogens is 1. The van der Waals surface area contributed by atoms with E-state index < -0.39 is 0 Å². The molecule has 0 aliphatic heterocycles. The lowest BCUT2D eigenvalue weighted by Gasteiger charge is -2.30. The van der Waals surface area contributed by atoms with Gasteiger partial charge in [-0.1, -0.05) is 36.7 Å². The molecule has 0 fully saturated rings. The first-order valence-electron chi connectivity index (χ1n) is 10.6. The predicted molar refractivity (Wildman–Crippen MR) is 124 cm³/mol. The first kappa shape index (κ1) is 24.4. The van der Waals surface area contributed by atoms with Crippen molar-refractivity contribution in [1.29, 1.82) is 0 Å². The van der Waals surface area contributed by atoms with Crippen molar-refractivity contribution in [3.05, 3.63) is 69.0 Å². The molecule has 5 heteroatoms. The van der Waals surface area contributed by atoms with Gasteiger partial charge in [0.15, 0.2) is 5.78 Å². The molecule has 0 saturated heterocycles. The lowest BCUT2D eigenvalue weighted by Crippen LogP contribution is -2.37. The molecule has 0 amide bonds. The summed E-state index contributed by atoms with van der Waals surface area (Å²) in [5.74, 6) is 0.138. The van der Waals surface area contributed by atoms with Crippen molar-refractivity contribution < 1.29 is 14.7 Å². The smallest absolute Gasteiger partial charge is 0.164 e. The summed E-state index contributed by atoms with van der Waals surface area (Å²) in [7, 11) is 0. The van der Waals surface area contributed by atoms with Gasteiger partial charge in [-0.15, -0.1) is 0 Å². The topological polar surface area (TPSA) is 58.6 Å². The third-order valence-corrected chi connectivity index (χ3v) is 6.07. The van der Waals surface area contributed by atoms with Crippen LogP contribution < -0.4 is 5.48 Å². The Morgan fingerprint density at radius 2 is 2.00 bits per heavy atom. The molecule has 2 rings (SSSR count). The molecular weight excluding hydrogens is 398 g/mol. The van der Waals surface area contributed by atoms with Crippen LogP contribution in [0.5, 0.6) is 0 Å². The van der Waals surface area contributed by atoms with Crippen LogP contribution in [0.3, 0.4) is 0 Å². The fourth-order valence-corrected chi connectivity index (χ4v) is 4.58. The molecule has 2 atom stereocenters. The van der Waals surface area contributed by atoms with E-state index in [1.807, 2.05) is 13.8 Å². The molecule has 4 nitrogen and oxygen atoms in total. The number of hydroxylamine groups is 1. The summed E-state index contributed by atoms with van der Waals surface area (Å²) >= 11 is 5.50. The van der Waals surface area contributed by atoms with Gasteiger partial charge in [-0.05, 0) is 80.3 Å². The van der Waals surface area contributed by atoms with Crippen molar-refractivity contribution in [1.82, 2.24) is 5.48 Å². The molecule has 2 unspecified atom stereocenters. The Kier molecular flexibility index (Phi) is 9.35. The minimum absolute atomic E-state index is 0.0104. The lowest BCUT2D eigenvalue weighted by molar-refractivity contribution is -0.117. The molecular formula is C25H34ClNO3. The second kappa shape index (κ2) is 11.5. The van der Waals surface area contributed by atoms with Gasteiger partial charge in [0.25, 0.3) is 0 Å². The molecule has 164 valence electrons. The summed E-state index contributed by atoms with van der Waals surface area (Å²) < 4.78 is 0. The van der Waals surface area contributed by atoms with Gasteiger partial charge in [0, 0.05) is 18.4 Å². The number of nitrogens with one attached hydrogen (secondary N) is 1. The normalized spacial score (nSPS) is 18.7. The molecule has 2 N–H and O–H groups in total. The standard InChI is InChI=1S/C25H34ClNO3/c1-6-8-10-20-16(3)13-17(4)24(18(20)5)19-14-22(28)25(23(29)15-19)21(7-2)27-30-12-9-11-26/h6,8-9,11,13,19,21,27-28H,7,10,12,14-15H2,1-5H3/b8-6+,11-9?. The Labute approximate surface area is 185 Å². The lowest BCUT2D eigenvalue weighted by atomic mass is 9.76. The zero-order valence-electron chi connectivity index (χ0n) is 18.7. The van der Waals surface area contributed by atoms with Gasteiger partial charge in [0.1, 0.15) is 5.76 Å². The largest absolute Gasteiger partial charge is 0.512 e. The van der Waals surface area contributed by atoms with E-state index in [2.05, 4.69) is 44.5 Å². The maximum Gasteiger partial charge on any atom is 0.164 e. The number of allylic oxidation sites excluding steroid dienone is 3. The molecule has 30 heavy (non-hydrogen) atoms. The van der Waals surface area contributed by atoms with Crippen LogP contribution in [0.25, 0.3) is 0 Å². The fourth-order valence-electron chi connectivity index (χ4n) is 4.51. The quantitative estimate of drug-likeness (QED) is 0.284. The van der Waals surface area contributed by atoms with E-state index in [0.29, 0.717) is 31.4 Å². The summed E-state index contributed by atoms with van der Waals surface area (Å²) in [6.45, 7) is 10.7. The van der Waals surface area contributed by atoms with Gasteiger partial charge in [0.05, 0.1) is 18.2 Å². The monoisotopic (exact) mass is 431 g/mol. The molecule has 0 bridgehead atoms. The Hall–Kier alpha value is -1.88. The van der Waals surface area contributed by atoms with E-state index in [-0.39, 0.29) is 23.5 Å². The van der Waals surface area contributed by atoms with Gasteiger partial charge < -0.3 is 5.11 Å². The van der Waals surface area contributed by atoms with Crippen molar-refractivity contribution in [2.45, 2.75) is 72.3 Å². The number of carbonyl (C=O) groups is 1. The van der Waals surface area contributed by atoms with Crippen molar-refractivity contribution in [3.63, 3.8) is 0 Å². The number of aliphatic hydroxyl groups is 1. The fraction of sp³-hybridized carbons (Fsp3) is 0.480. The molecule has 0 spiro atoms. The molecule has 0 saturated carbocycles. The van der Waals surface area contributed by atoms with Crippen LogP contribution in [0.15, 0.2) is 41.2 Å². The molecule has 1 aromatic carbocycles. The highest BCUT2D eigenvalue weighted by Crippen LogP contribution is 2.39. The Balaban J connectivity index is 2.33. The van der Waals surface area contributed by atoms with Crippen LogP contribution in [-0.4, -0.2) is 23.5 Å². The molecule has 1 aliphatic carbocycles. The highest BCUT2D eigenvalue weighted by atomic mass is 35.5. The average molecular weight is 432 g/mol. The van der Waals surface area contributed by atoms with Gasteiger partial charge in [0.2, 0.25) is 0 Å². The van der Waals surface area contributed by atoms with Gasteiger partial charge in [-0.3, -0.25) is 9.63 Å². The molecule has 1 aliphatic rings. The van der Waals surface area contributed by atoms with Crippen LogP contribution >= 0.6 is 11.6 Å².